The molecule has 3 rings (SSSR count). The van der Waals surface area contributed by atoms with Crippen molar-refractivity contribution in [2.45, 2.75) is 6.54 Å². The maximum Gasteiger partial charge on any atom is 0.205 e. The molecule has 0 atom stereocenters. The van der Waals surface area contributed by atoms with Crippen LogP contribution >= 0.6 is 17.0 Å². The summed E-state index contributed by atoms with van der Waals surface area (Å²) in [6.07, 6.45) is 0. The second kappa shape index (κ2) is 6.40. The Morgan fingerprint density at radius 2 is 1.65 bits per heavy atom. The monoisotopic (exact) mass is 331 g/mol. The Kier molecular flexibility index (Phi) is 4.60. The van der Waals surface area contributed by atoms with Crippen molar-refractivity contribution in [1.82, 2.24) is 20.6 Å². The van der Waals surface area contributed by atoms with Crippen LogP contribution in [0, 0.1) is 0 Å². The number of tetrazole rings is 1. The first-order valence-electron chi connectivity index (χ1n) is 6.00. The number of halogens is 1. The van der Waals surface area contributed by atoms with Crippen LogP contribution in [0.3, 0.4) is 0 Å². The molecule has 0 fully saturated rings. The van der Waals surface area contributed by atoms with Crippen LogP contribution in [0.2, 0.25) is 0 Å². The van der Waals surface area contributed by atoms with Crippen LogP contribution in [0.25, 0.3) is 22.5 Å². The van der Waals surface area contributed by atoms with Crippen molar-refractivity contribution in [2.75, 3.05) is 0 Å². The number of nitrogens with one attached hydrogen (secondary N) is 1. The van der Waals surface area contributed by atoms with Crippen LogP contribution < -0.4 is 5.73 Å². The smallest absolute Gasteiger partial charge is 0.205 e. The van der Waals surface area contributed by atoms with E-state index >= 15 is 0 Å². The van der Waals surface area contributed by atoms with Crippen LogP contribution in [0.4, 0.5) is 0 Å². The third-order valence-electron chi connectivity index (χ3n) is 3.01. The Balaban J connectivity index is 0.00000147. The van der Waals surface area contributed by atoms with Gasteiger partial charge in [-0.05, 0) is 21.9 Å². The van der Waals surface area contributed by atoms with E-state index in [1.165, 1.54) is 0 Å². The summed E-state index contributed by atoms with van der Waals surface area (Å²) in [4.78, 5) is 0. The molecule has 6 heteroatoms. The maximum absolute atomic E-state index is 5.61. The third-order valence-corrected chi connectivity index (χ3v) is 3.01. The fraction of sp³-hybridized carbons (Fsp3) is 0.0714. The van der Waals surface area contributed by atoms with Gasteiger partial charge in [0.1, 0.15) is 0 Å². The van der Waals surface area contributed by atoms with Crippen LogP contribution in [-0.2, 0) is 6.54 Å². The van der Waals surface area contributed by atoms with Gasteiger partial charge in [-0.1, -0.05) is 48.5 Å². The lowest BCUT2D eigenvalue weighted by atomic mass is 9.98. The van der Waals surface area contributed by atoms with Gasteiger partial charge in [-0.15, -0.1) is 27.2 Å². The van der Waals surface area contributed by atoms with Gasteiger partial charge in [-0.3, -0.25) is 0 Å². The standard InChI is InChI=1S/C14H13N5.BrH/c15-9-10-5-7-11(8-6-10)12-3-1-2-4-13(12)14-16-18-19-17-14;/h1-8H,9,15H2,(H,16,17,18,19);1H. The highest BCUT2D eigenvalue weighted by molar-refractivity contribution is 8.93. The molecule has 0 unspecified atom stereocenters. The molecule has 0 aliphatic rings. The molecule has 1 heterocycles. The van der Waals surface area contributed by atoms with Crippen LogP contribution in [0.15, 0.2) is 48.5 Å². The van der Waals surface area contributed by atoms with Gasteiger partial charge in [0.15, 0.2) is 0 Å². The van der Waals surface area contributed by atoms with Crippen molar-refractivity contribution >= 4 is 17.0 Å². The predicted molar refractivity (Wildman–Crippen MR) is 83.3 cm³/mol. The van der Waals surface area contributed by atoms with E-state index in [0.717, 1.165) is 22.3 Å². The summed E-state index contributed by atoms with van der Waals surface area (Å²) < 4.78 is 0. The maximum atomic E-state index is 5.61. The van der Waals surface area contributed by atoms with E-state index in [2.05, 4.69) is 32.8 Å². The van der Waals surface area contributed by atoms with Crippen molar-refractivity contribution in [1.29, 1.82) is 0 Å². The minimum absolute atomic E-state index is 0. The van der Waals surface area contributed by atoms with Crippen LogP contribution in [0.5, 0.6) is 0 Å². The lowest BCUT2D eigenvalue weighted by Crippen LogP contribution is -1.95. The number of hydrogen-bond donors (Lipinski definition) is 2. The number of hydrogen-bond acceptors (Lipinski definition) is 4. The second-order valence-electron chi connectivity index (χ2n) is 4.18. The number of benzene rings is 2. The van der Waals surface area contributed by atoms with E-state index < -0.39 is 0 Å². The van der Waals surface area contributed by atoms with Gasteiger partial charge in [0.05, 0.1) is 0 Å². The van der Waals surface area contributed by atoms with Gasteiger partial charge < -0.3 is 5.73 Å². The minimum Gasteiger partial charge on any atom is -0.326 e. The molecule has 5 nitrogen and oxygen atoms in total. The van der Waals surface area contributed by atoms with Gasteiger partial charge in [0, 0.05) is 12.1 Å². The van der Waals surface area contributed by atoms with Crippen molar-refractivity contribution in [3.63, 3.8) is 0 Å². The number of nitrogens with zero attached hydrogens (tertiary/aromatic N) is 3. The lowest BCUT2D eigenvalue weighted by molar-refractivity contribution is 0.881. The molecule has 0 saturated carbocycles. The number of H-pyrrole nitrogens is 1. The Hall–Kier alpha value is -2.05. The zero-order valence-electron chi connectivity index (χ0n) is 10.7. The summed E-state index contributed by atoms with van der Waals surface area (Å²) >= 11 is 0. The molecule has 0 amide bonds. The topological polar surface area (TPSA) is 80.5 Å². The van der Waals surface area contributed by atoms with E-state index in [-0.39, 0.29) is 17.0 Å². The first-order chi connectivity index (χ1) is 9.38. The van der Waals surface area contributed by atoms with Gasteiger partial charge >= 0.3 is 0 Å². The van der Waals surface area contributed by atoms with Gasteiger partial charge in [-0.2, -0.15) is 5.21 Å². The molecule has 102 valence electrons. The molecule has 20 heavy (non-hydrogen) atoms. The van der Waals surface area contributed by atoms with Crippen molar-refractivity contribution in [3.8, 4) is 22.5 Å². The molecule has 1 aromatic heterocycles. The predicted octanol–water partition coefficient (Wildman–Crippen LogP) is 2.57. The molecule has 0 radical (unpaired) electrons. The summed E-state index contributed by atoms with van der Waals surface area (Å²) in [6.45, 7) is 0.548. The molecule has 2 aromatic carbocycles. The summed E-state index contributed by atoms with van der Waals surface area (Å²) in [7, 11) is 0. The molecule has 3 N–H and O–H groups in total. The Bertz CT molecular complexity index is 664. The highest BCUT2D eigenvalue weighted by Crippen LogP contribution is 2.29. The van der Waals surface area contributed by atoms with Crippen LogP contribution in [-0.4, -0.2) is 20.6 Å². The molecule has 0 bridgehead atoms. The zero-order chi connectivity index (χ0) is 13.1. The molecule has 0 aliphatic heterocycles. The number of aromatic nitrogens is 4. The Morgan fingerprint density at radius 1 is 0.950 bits per heavy atom. The zero-order valence-corrected chi connectivity index (χ0v) is 12.4. The summed E-state index contributed by atoms with van der Waals surface area (Å²) in [5.41, 5.74) is 9.87. The molecule has 3 aromatic rings. The fourth-order valence-electron chi connectivity index (χ4n) is 2.03. The Morgan fingerprint density at radius 3 is 2.25 bits per heavy atom. The molecule has 0 spiro atoms. The van der Waals surface area contributed by atoms with E-state index in [1.807, 2.05) is 36.4 Å². The SMILES string of the molecule is Br.NCc1ccc(-c2ccccc2-c2nn[nH]n2)cc1. The Labute approximate surface area is 127 Å². The molecular formula is C14H14BrN5. The lowest BCUT2D eigenvalue weighted by Gasteiger charge is -2.07. The summed E-state index contributed by atoms with van der Waals surface area (Å²) in [6, 6.07) is 16.2. The van der Waals surface area contributed by atoms with Crippen molar-refractivity contribution < 1.29 is 0 Å². The molecule has 0 saturated heterocycles. The molecule has 0 aliphatic carbocycles. The normalized spacial score (nSPS) is 10.1. The van der Waals surface area contributed by atoms with Crippen LogP contribution in [0.1, 0.15) is 5.56 Å². The second-order valence-corrected chi connectivity index (χ2v) is 4.18. The quantitative estimate of drug-likeness (QED) is 0.772. The summed E-state index contributed by atoms with van der Waals surface area (Å²) in [5, 5.41) is 14.2. The van der Waals surface area contributed by atoms with E-state index in [4.69, 9.17) is 5.73 Å². The van der Waals surface area contributed by atoms with Gasteiger partial charge in [-0.25, -0.2) is 0 Å². The number of aromatic amines is 1. The number of nitrogens with two attached hydrogens (primary N) is 1. The largest absolute Gasteiger partial charge is 0.326 e. The number of rotatable bonds is 3. The first kappa shape index (κ1) is 14.4. The first-order valence-corrected chi connectivity index (χ1v) is 6.00. The minimum atomic E-state index is 0. The van der Waals surface area contributed by atoms with Crippen molar-refractivity contribution in [2.24, 2.45) is 5.73 Å². The van der Waals surface area contributed by atoms with Crippen molar-refractivity contribution in [3.05, 3.63) is 54.1 Å². The van der Waals surface area contributed by atoms with Gasteiger partial charge in [0.25, 0.3) is 0 Å². The van der Waals surface area contributed by atoms with E-state index in [9.17, 15) is 0 Å². The third kappa shape index (κ3) is 2.76. The highest BCUT2D eigenvalue weighted by atomic mass is 79.9. The highest BCUT2D eigenvalue weighted by Gasteiger charge is 2.10. The van der Waals surface area contributed by atoms with E-state index in [0.29, 0.717) is 12.4 Å². The average molecular weight is 332 g/mol. The fourth-order valence-corrected chi connectivity index (χ4v) is 2.03. The summed E-state index contributed by atoms with van der Waals surface area (Å²) in [5.74, 6) is 0.596. The molecular weight excluding hydrogens is 318 g/mol. The van der Waals surface area contributed by atoms with Gasteiger partial charge in [0.2, 0.25) is 5.82 Å². The average Bonchev–Trinajstić information content (AvgIpc) is 3.01. The van der Waals surface area contributed by atoms with E-state index in [1.54, 1.807) is 0 Å².